The zero-order valence-corrected chi connectivity index (χ0v) is 9.45. The Labute approximate surface area is 89.9 Å². The molecule has 0 bridgehead atoms. The van der Waals surface area contributed by atoms with Crippen molar-refractivity contribution in [1.82, 2.24) is 5.32 Å². The molecule has 0 aliphatic heterocycles. The summed E-state index contributed by atoms with van der Waals surface area (Å²) < 4.78 is 4.21. The number of hydrogen-bond acceptors (Lipinski definition) is 4. The second-order valence-electron chi connectivity index (χ2n) is 2.39. The molecule has 5 nitrogen and oxygen atoms in total. The van der Waals surface area contributed by atoms with Gasteiger partial charge in [-0.15, -0.1) is 0 Å². The van der Waals surface area contributed by atoms with Crippen LogP contribution in [0.2, 0.25) is 0 Å². The van der Waals surface area contributed by atoms with Crippen molar-refractivity contribution in [3.8, 4) is 0 Å². The summed E-state index contributed by atoms with van der Waals surface area (Å²) >= 11 is 1.33. The summed E-state index contributed by atoms with van der Waals surface area (Å²) in [6.45, 7) is 2.98. The largest absolute Gasteiger partial charge is 0.389 e. The maximum atomic E-state index is 11.1. The van der Waals surface area contributed by atoms with Gasteiger partial charge in [0.25, 0.3) is 5.78 Å². The molecule has 13 heavy (non-hydrogen) atoms. The number of nitrogens with one attached hydrogen (secondary N) is 1. The highest BCUT2D eigenvalue weighted by Crippen LogP contribution is 1.98. The lowest BCUT2D eigenvalue weighted by molar-refractivity contribution is -0.146. The topological polar surface area (TPSA) is 72.5 Å². The Morgan fingerprint density at radius 2 is 2.00 bits per heavy atom. The summed E-state index contributed by atoms with van der Waals surface area (Å²) in [7, 11) is 0. The van der Waals surface area contributed by atoms with E-state index in [1.807, 2.05) is 0 Å². The third-order valence-corrected chi connectivity index (χ3v) is 1.77. The number of hydrogen-bond donors (Lipinski definition) is 1. The van der Waals surface area contributed by atoms with Gasteiger partial charge in [0.15, 0.2) is 23.0 Å². The smallest absolute Gasteiger partial charge is 0.386 e. The highest BCUT2D eigenvalue weighted by molar-refractivity contribution is 14.1. The van der Waals surface area contributed by atoms with Crippen LogP contribution in [-0.2, 0) is 17.4 Å². The molecule has 0 saturated carbocycles. The number of rotatable bonds is 4. The second-order valence-corrected chi connectivity index (χ2v) is 2.83. The van der Waals surface area contributed by atoms with Gasteiger partial charge in [0.1, 0.15) is 0 Å². The summed E-state index contributed by atoms with van der Waals surface area (Å²) in [6.07, 6.45) is 0.365. The standard InChI is InChI=1S/C7H10INO4/c1-3-5(9-4(2)10)6(11)7(12)13-8/h5H,3H2,1-2H3,(H,9,10). The summed E-state index contributed by atoms with van der Waals surface area (Å²) in [4.78, 5) is 32.5. The molecule has 1 unspecified atom stereocenters. The van der Waals surface area contributed by atoms with Gasteiger partial charge in [-0.1, -0.05) is 6.92 Å². The average molecular weight is 299 g/mol. The van der Waals surface area contributed by atoms with Gasteiger partial charge in [-0.3, -0.25) is 9.59 Å². The van der Waals surface area contributed by atoms with E-state index in [9.17, 15) is 14.4 Å². The predicted molar refractivity (Wildman–Crippen MR) is 53.0 cm³/mol. The molecule has 0 spiro atoms. The van der Waals surface area contributed by atoms with Crippen molar-refractivity contribution in [3.05, 3.63) is 0 Å². The van der Waals surface area contributed by atoms with Crippen LogP contribution in [0.5, 0.6) is 0 Å². The van der Waals surface area contributed by atoms with Gasteiger partial charge < -0.3 is 8.38 Å². The summed E-state index contributed by atoms with van der Waals surface area (Å²) in [5.41, 5.74) is 0. The van der Waals surface area contributed by atoms with E-state index in [-0.39, 0.29) is 5.91 Å². The number of ketones is 1. The van der Waals surface area contributed by atoms with Crippen LogP contribution < -0.4 is 5.32 Å². The fourth-order valence-corrected chi connectivity index (χ4v) is 0.996. The molecule has 0 aromatic carbocycles. The van der Waals surface area contributed by atoms with Crippen LogP contribution in [0.1, 0.15) is 20.3 Å². The SMILES string of the molecule is CCC(NC(C)=O)C(=O)C(=O)OI. The lowest BCUT2D eigenvalue weighted by atomic mass is 10.1. The van der Waals surface area contributed by atoms with E-state index in [0.29, 0.717) is 6.42 Å². The van der Waals surface area contributed by atoms with Gasteiger partial charge >= 0.3 is 5.97 Å². The highest BCUT2D eigenvalue weighted by Gasteiger charge is 2.25. The summed E-state index contributed by atoms with van der Waals surface area (Å²) in [5, 5.41) is 2.35. The molecular formula is C7H10INO4. The van der Waals surface area contributed by atoms with Crippen LogP contribution in [0.4, 0.5) is 0 Å². The number of carbonyl (C=O) groups excluding carboxylic acids is 3. The van der Waals surface area contributed by atoms with Crippen molar-refractivity contribution < 1.29 is 17.4 Å². The van der Waals surface area contributed by atoms with Crippen LogP contribution in [-0.4, -0.2) is 23.7 Å². The number of carbonyl (C=O) groups is 3. The van der Waals surface area contributed by atoms with Crippen molar-refractivity contribution >= 4 is 40.7 Å². The van der Waals surface area contributed by atoms with Crippen molar-refractivity contribution in [3.63, 3.8) is 0 Å². The molecule has 1 N–H and O–H groups in total. The molecule has 0 radical (unpaired) electrons. The van der Waals surface area contributed by atoms with E-state index >= 15 is 0 Å². The van der Waals surface area contributed by atoms with Crippen LogP contribution in [0.3, 0.4) is 0 Å². The minimum absolute atomic E-state index is 0.346. The molecule has 0 saturated heterocycles. The molecule has 1 amide bonds. The number of amides is 1. The molecule has 0 heterocycles. The monoisotopic (exact) mass is 299 g/mol. The normalized spacial score (nSPS) is 11.6. The summed E-state index contributed by atoms with van der Waals surface area (Å²) in [5.74, 6) is -2.02. The fraction of sp³-hybridized carbons (Fsp3) is 0.571. The molecule has 6 heteroatoms. The quantitative estimate of drug-likeness (QED) is 0.601. The number of halogens is 1. The first-order chi connectivity index (χ1) is 6.02. The fourth-order valence-electron chi connectivity index (χ4n) is 0.779. The Kier molecular flexibility index (Phi) is 5.60. The van der Waals surface area contributed by atoms with Crippen LogP contribution in [0.25, 0.3) is 0 Å². The third kappa shape index (κ3) is 4.20. The van der Waals surface area contributed by atoms with Gasteiger partial charge in [0.05, 0.1) is 6.04 Å². The minimum atomic E-state index is -0.943. The molecule has 0 fully saturated rings. The van der Waals surface area contributed by atoms with Gasteiger partial charge in [-0.05, 0) is 6.42 Å². The Balaban J connectivity index is 4.31. The Morgan fingerprint density at radius 3 is 2.31 bits per heavy atom. The zero-order chi connectivity index (χ0) is 10.4. The van der Waals surface area contributed by atoms with E-state index in [4.69, 9.17) is 0 Å². The lowest BCUT2D eigenvalue weighted by Gasteiger charge is -2.11. The molecule has 0 aromatic heterocycles. The first kappa shape index (κ1) is 12.3. The molecular weight excluding hydrogens is 289 g/mol. The second kappa shape index (κ2) is 5.90. The van der Waals surface area contributed by atoms with Crippen molar-refractivity contribution in [1.29, 1.82) is 0 Å². The lowest BCUT2D eigenvalue weighted by Crippen LogP contribution is -2.42. The van der Waals surface area contributed by atoms with Crippen molar-refractivity contribution in [2.24, 2.45) is 0 Å². The van der Waals surface area contributed by atoms with Crippen LogP contribution in [0.15, 0.2) is 0 Å². The van der Waals surface area contributed by atoms with E-state index in [2.05, 4.69) is 8.38 Å². The van der Waals surface area contributed by atoms with E-state index in [0.717, 1.165) is 0 Å². The molecule has 0 rings (SSSR count). The van der Waals surface area contributed by atoms with Crippen molar-refractivity contribution in [2.45, 2.75) is 26.3 Å². The van der Waals surface area contributed by atoms with Gasteiger partial charge in [-0.2, -0.15) is 0 Å². The average Bonchev–Trinajstić information content (AvgIpc) is 2.11. The van der Waals surface area contributed by atoms with E-state index in [1.54, 1.807) is 6.92 Å². The first-order valence-electron chi connectivity index (χ1n) is 3.66. The highest BCUT2D eigenvalue weighted by atomic mass is 127. The molecule has 1 atom stereocenters. The van der Waals surface area contributed by atoms with Gasteiger partial charge in [0, 0.05) is 6.92 Å². The molecule has 0 aromatic rings. The molecule has 0 aliphatic carbocycles. The maximum Gasteiger partial charge on any atom is 0.386 e. The van der Waals surface area contributed by atoms with Gasteiger partial charge in [0.2, 0.25) is 5.91 Å². The minimum Gasteiger partial charge on any atom is -0.389 e. The van der Waals surface area contributed by atoms with Crippen LogP contribution >= 0.6 is 23.0 Å². The van der Waals surface area contributed by atoms with Gasteiger partial charge in [-0.25, -0.2) is 4.79 Å². The van der Waals surface area contributed by atoms with E-state index < -0.39 is 17.8 Å². The zero-order valence-electron chi connectivity index (χ0n) is 7.30. The Morgan fingerprint density at radius 1 is 1.46 bits per heavy atom. The molecule has 0 aliphatic rings. The predicted octanol–water partition coefficient (Wildman–Crippen LogP) is 0.363. The third-order valence-electron chi connectivity index (χ3n) is 1.37. The summed E-state index contributed by atoms with van der Waals surface area (Å²) in [6, 6.07) is -0.778. The maximum absolute atomic E-state index is 11.1. The molecule has 74 valence electrons. The Bertz CT molecular complexity index is 229. The number of Topliss-reactive ketones (excluding diaryl/α,β-unsaturated/α-hetero) is 1. The van der Waals surface area contributed by atoms with E-state index in [1.165, 1.54) is 29.9 Å². The van der Waals surface area contributed by atoms with Crippen molar-refractivity contribution in [2.75, 3.05) is 0 Å². The van der Waals surface area contributed by atoms with Crippen LogP contribution in [0, 0.1) is 0 Å². The first-order valence-corrected chi connectivity index (χ1v) is 4.54. The Hall–Kier alpha value is -0.660.